The Hall–Kier alpha value is -0.250. The maximum Gasteiger partial charge on any atom is 0.134 e. The number of rotatable bonds is 4. The molecule has 1 aliphatic rings. The third-order valence-electron chi connectivity index (χ3n) is 4.22. The lowest BCUT2D eigenvalue weighted by molar-refractivity contribution is -0.159. The van der Waals surface area contributed by atoms with Gasteiger partial charge in [-0.15, -0.1) is 0 Å². The quantitative estimate of drug-likeness (QED) is 0.883. The highest BCUT2D eigenvalue weighted by molar-refractivity contribution is 9.10. The summed E-state index contributed by atoms with van der Waals surface area (Å²) in [5.74, 6) is 0.794. The van der Waals surface area contributed by atoms with Crippen LogP contribution in [0.15, 0.2) is 22.7 Å². The van der Waals surface area contributed by atoms with Crippen molar-refractivity contribution in [3.63, 3.8) is 0 Å². The minimum Gasteiger partial charge on any atom is -0.488 e. The Morgan fingerprint density at radius 1 is 1.44 bits per heavy atom. The summed E-state index contributed by atoms with van der Waals surface area (Å²) in [6.07, 6.45) is 2.40. The Bertz CT molecular complexity index is 432. The molecule has 0 amide bonds. The van der Waals surface area contributed by atoms with E-state index in [1.807, 2.05) is 18.2 Å². The van der Waals surface area contributed by atoms with Crippen LogP contribution in [0.3, 0.4) is 0 Å². The first-order valence-electron chi connectivity index (χ1n) is 6.33. The van der Waals surface area contributed by atoms with Crippen LogP contribution in [0.25, 0.3) is 0 Å². The van der Waals surface area contributed by atoms with E-state index in [1.165, 1.54) is 0 Å². The third-order valence-corrected chi connectivity index (χ3v) is 5.08. The molecule has 2 atom stereocenters. The highest BCUT2D eigenvalue weighted by atomic mass is 79.9. The van der Waals surface area contributed by atoms with Crippen molar-refractivity contribution in [2.75, 3.05) is 0 Å². The second-order valence-electron chi connectivity index (χ2n) is 4.87. The zero-order valence-corrected chi connectivity index (χ0v) is 13.0. The summed E-state index contributed by atoms with van der Waals surface area (Å²) in [7, 11) is 0. The summed E-state index contributed by atoms with van der Waals surface area (Å²) < 4.78 is 6.90. The standard InChI is InChI=1S/C14H18BrClO2/c1-3-14(4-2)12(17)8-13(14)18-11-6-5-9(16)7-10(11)15/h5-7,12-13,17H,3-4,8H2,1-2H3. The van der Waals surface area contributed by atoms with E-state index in [1.54, 1.807) is 0 Å². The second-order valence-corrected chi connectivity index (χ2v) is 6.16. The van der Waals surface area contributed by atoms with E-state index in [0.717, 1.165) is 23.1 Å². The van der Waals surface area contributed by atoms with E-state index in [9.17, 15) is 5.11 Å². The van der Waals surface area contributed by atoms with Gasteiger partial charge in [-0.1, -0.05) is 25.4 Å². The molecule has 2 unspecified atom stereocenters. The van der Waals surface area contributed by atoms with Gasteiger partial charge >= 0.3 is 0 Å². The van der Waals surface area contributed by atoms with Gasteiger partial charge in [0.05, 0.1) is 10.6 Å². The van der Waals surface area contributed by atoms with Gasteiger partial charge in [0.25, 0.3) is 0 Å². The molecule has 0 aliphatic heterocycles. The number of hydrogen-bond acceptors (Lipinski definition) is 2. The predicted octanol–water partition coefficient (Wildman–Crippen LogP) is 4.42. The van der Waals surface area contributed by atoms with Crippen molar-refractivity contribution >= 4 is 27.5 Å². The molecule has 1 aliphatic carbocycles. The molecule has 0 saturated heterocycles. The first-order valence-corrected chi connectivity index (χ1v) is 7.50. The van der Waals surface area contributed by atoms with Crippen LogP contribution in [0.5, 0.6) is 5.75 Å². The summed E-state index contributed by atoms with van der Waals surface area (Å²) in [5, 5.41) is 10.7. The summed E-state index contributed by atoms with van der Waals surface area (Å²) in [4.78, 5) is 0. The zero-order chi connectivity index (χ0) is 13.3. The average molecular weight is 334 g/mol. The Morgan fingerprint density at radius 2 is 2.11 bits per heavy atom. The van der Waals surface area contributed by atoms with Gasteiger partial charge < -0.3 is 9.84 Å². The average Bonchev–Trinajstić information content (AvgIpc) is 2.33. The van der Waals surface area contributed by atoms with Gasteiger partial charge in [0.1, 0.15) is 11.9 Å². The molecule has 0 radical (unpaired) electrons. The molecule has 0 aromatic heterocycles. The molecule has 0 heterocycles. The molecule has 2 rings (SSSR count). The van der Waals surface area contributed by atoms with Crippen molar-refractivity contribution in [3.8, 4) is 5.75 Å². The molecule has 1 fully saturated rings. The van der Waals surface area contributed by atoms with E-state index in [-0.39, 0.29) is 17.6 Å². The van der Waals surface area contributed by atoms with Crippen LogP contribution in [-0.2, 0) is 0 Å². The highest BCUT2D eigenvalue weighted by Gasteiger charge is 2.53. The van der Waals surface area contributed by atoms with Gasteiger partial charge in [-0.25, -0.2) is 0 Å². The summed E-state index contributed by atoms with van der Waals surface area (Å²) in [6.45, 7) is 4.22. The molecule has 1 saturated carbocycles. The third kappa shape index (κ3) is 2.28. The maximum atomic E-state index is 10.0. The first kappa shape index (κ1) is 14.2. The largest absolute Gasteiger partial charge is 0.488 e. The second kappa shape index (κ2) is 5.40. The molecule has 18 heavy (non-hydrogen) atoms. The lowest BCUT2D eigenvalue weighted by atomic mass is 9.60. The van der Waals surface area contributed by atoms with Crippen molar-refractivity contribution in [3.05, 3.63) is 27.7 Å². The van der Waals surface area contributed by atoms with Crippen LogP contribution in [0.1, 0.15) is 33.1 Å². The van der Waals surface area contributed by atoms with Gasteiger partial charge in [0.2, 0.25) is 0 Å². The smallest absolute Gasteiger partial charge is 0.134 e. The Morgan fingerprint density at radius 3 is 2.61 bits per heavy atom. The lowest BCUT2D eigenvalue weighted by Crippen LogP contribution is -2.59. The summed E-state index contributed by atoms with van der Waals surface area (Å²) >= 11 is 9.36. The Kier molecular flexibility index (Phi) is 4.25. The van der Waals surface area contributed by atoms with Crippen molar-refractivity contribution in [1.29, 1.82) is 0 Å². The molecule has 1 aromatic carbocycles. The van der Waals surface area contributed by atoms with Crippen molar-refractivity contribution in [2.24, 2.45) is 5.41 Å². The van der Waals surface area contributed by atoms with Crippen molar-refractivity contribution in [1.82, 2.24) is 0 Å². The molecular formula is C14H18BrClO2. The molecule has 1 N–H and O–H groups in total. The SMILES string of the molecule is CCC1(CC)C(O)CC1Oc1ccc(Cl)cc1Br. The molecule has 4 heteroatoms. The van der Waals surface area contributed by atoms with Gasteiger partial charge in [-0.3, -0.25) is 0 Å². The number of ether oxygens (including phenoxy) is 1. The number of aliphatic hydroxyl groups excluding tert-OH is 1. The van der Waals surface area contributed by atoms with Crippen LogP contribution in [0.2, 0.25) is 5.02 Å². The first-order chi connectivity index (χ1) is 8.53. The topological polar surface area (TPSA) is 29.5 Å². The van der Waals surface area contributed by atoms with Gasteiger partial charge in [-0.2, -0.15) is 0 Å². The molecule has 2 nitrogen and oxygen atoms in total. The predicted molar refractivity (Wildman–Crippen MR) is 77.2 cm³/mol. The van der Waals surface area contributed by atoms with Crippen LogP contribution >= 0.6 is 27.5 Å². The molecule has 0 spiro atoms. The van der Waals surface area contributed by atoms with Crippen LogP contribution < -0.4 is 4.74 Å². The molecule has 100 valence electrons. The highest BCUT2D eigenvalue weighted by Crippen LogP contribution is 2.49. The fourth-order valence-corrected chi connectivity index (χ4v) is 3.57. The van der Waals surface area contributed by atoms with Crippen LogP contribution in [-0.4, -0.2) is 17.3 Å². The van der Waals surface area contributed by atoms with Gasteiger partial charge in [0, 0.05) is 16.9 Å². The fraction of sp³-hybridized carbons (Fsp3) is 0.571. The fourth-order valence-electron chi connectivity index (χ4n) is 2.79. The zero-order valence-electron chi connectivity index (χ0n) is 10.6. The van der Waals surface area contributed by atoms with E-state index in [0.29, 0.717) is 11.4 Å². The number of aliphatic hydroxyl groups is 1. The Balaban J connectivity index is 2.15. The van der Waals surface area contributed by atoms with Crippen LogP contribution in [0.4, 0.5) is 0 Å². The number of benzene rings is 1. The van der Waals surface area contributed by atoms with E-state index >= 15 is 0 Å². The van der Waals surface area contributed by atoms with E-state index in [2.05, 4.69) is 29.8 Å². The van der Waals surface area contributed by atoms with Crippen molar-refractivity contribution < 1.29 is 9.84 Å². The van der Waals surface area contributed by atoms with Gasteiger partial charge in [-0.05, 0) is 47.0 Å². The molecular weight excluding hydrogens is 316 g/mol. The lowest BCUT2D eigenvalue weighted by Gasteiger charge is -2.52. The van der Waals surface area contributed by atoms with E-state index in [4.69, 9.17) is 16.3 Å². The minimum absolute atomic E-state index is 0.0833. The number of hydrogen-bond donors (Lipinski definition) is 1. The van der Waals surface area contributed by atoms with Gasteiger partial charge in [0.15, 0.2) is 0 Å². The van der Waals surface area contributed by atoms with Crippen LogP contribution in [0, 0.1) is 5.41 Å². The normalized spacial score (nSPS) is 25.6. The van der Waals surface area contributed by atoms with E-state index < -0.39 is 0 Å². The molecule has 0 bridgehead atoms. The van der Waals surface area contributed by atoms with Crippen molar-refractivity contribution in [2.45, 2.75) is 45.3 Å². The number of halogens is 2. The Labute approximate surface area is 121 Å². The summed E-state index contributed by atoms with van der Waals surface area (Å²) in [5.41, 5.74) is -0.0981. The summed E-state index contributed by atoms with van der Waals surface area (Å²) in [6, 6.07) is 5.51. The minimum atomic E-state index is -0.247. The maximum absolute atomic E-state index is 10.0. The molecule has 1 aromatic rings. The monoisotopic (exact) mass is 332 g/mol.